The fourth-order valence-electron chi connectivity index (χ4n) is 1.87. The molecular weight excluding hydrogens is 321 g/mol. The number of methoxy groups -OCH3 is 1. The van der Waals surface area contributed by atoms with Gasteiger partial charge in [0, 0.05) is 19.6 Å². The number of ether oxygens (including phenoxy) is 1. The molecule has 0 saturated carbocycles. The van der Waals surface area contributed by atoms with E-state index in [0.717, 1.165) is 6.54 Å². The second-order valence-electron chi connectivity index (χ2n) is 3.84. The maximum Gasteiger partial charge on any atom is 0.310 e. The van der Waals surface area contributed by atoms with E-state index in [4.69, 9.17) is 10.5 Å². The van der Waals surface area contributed by atoms with E-state index in [2.05, 4.69) is 4.99 Å². The van der Waals surface area contributed by atoms with Crippen molar-refractivity contribution < 1.29 is 9.53 Å². The molecule has 1 aliphatic rings. The summed E-state index contributed by atoms with van der Waals surface area (Å²) in [5.41, 5.74) is 5.78. The number of likely N-dealkylation sites (tertiary alicyclic amines) is 1. The van der Waals surface area contributed by atoms with Gasteiger partial charge in [0.25, 0.3) is 0 Å². The van der Waals surface area contributed by atoms with Crippen LogP contribution in [0.5, 0.6) is 0 Å². The molecule has 1 fully saturated rings. The average Bonchev–Trinajstić information content (AvgIpc) is 2.60. The first-order valence-electron chi connectivity index (χ1n) is 5.22. The average molecular weight is 341 g/mol. The maximum atomic E-state index is 11.4. The Morgan fingerprint density at radius 1 is 1.56 bits per heavy atom. The summed E-state index contributed by atoms with van der Waals surface area (Å²) in [6.45, 7) is 6.02. The molecule has 2 N–H and O–H groups in total. The van der Waals surface area contributed by atoms with Crippen LogP contribution >= 0.6 is 24.0 Å². The number of nitrogens with zero attached hydrogens (tertiary/aromatic N) is 2. The molecule has 2 atom stereocenters. The van der Waals surface area contributed by atoms with Crippen LogP contribution in [0, 0.1) is 11.8 Å². The topological polar surface area (TPSA) is 67.9 Å². The van der Waals surface area contributed by atoms with Crippen LogP contribution in [0.2, 0.25) is 0 Å². The van der Waals surface area contributed by atoms with Crippen LogP contribution in [-0.4, -0.2) is 43.6 Å². The normalized spacial score (nSPS) is 25.2. The Morgan fingerprint density at radius 2 is 2.19 bits per heavy atom. The van der Waals surface area contributed by atoms with E-state index in [9.17, 15) is 4.79 Å². The van der Waals surface area contributed by atoms with Gasteiger partial charge >= 0.3 is 5.97 Å². The second kappa shape index (κ2) is 6.93. The Hall–Kier alpha value is -0.530. The summed E-state index contributed by atoms with van der Waals surface area (Å²) in [6, 6.07) is 0. The molecule has 0 aromatic rings. The highest BCUT2D eigenvalue weighted by Crippen LogP contribution is 2.23. The molecule has 16 heavy (non-hydrogen) atoms. The molecule has 0 amide bonds. The lowest BCUT2D eigenvalue weighted by Crippen LogP contribution is -2.36. The lowest BCUT2D eigenvalue weighted by Gasteiger charge is -2.16. The Kier molecular flexibility index (Phi) is 6.70. The molecule has 1 rings (SSSR count). The van der Waals surface area contributed by atoms with Gasteiger partial charge in [-0.3, -0.25) is 9.79 Å². The number of hydrogen-bond acceptors (Lipinski definition) is 3. The quantitative estimate of drug-likeness (QED) is 0.347. The Labute approximate surface area is 113 Å². The molecule has 0 radical (unpaired) electrons. The molecule has 6 heteroatoms. The van der Waals surface area contributed by atoms with E-state index >= 15 is 0 Å². The van der Waals surface area contributed by atoms with Crippen molar-refractivity contribution in [3.05, 3.63) is 0 Å². The van der Waals surface area contributed by atoms with E-state index in [1.807, 2.05) is 18.7 Å². The molecule has 0 aromatic heterocycles. The zero-order valence-electron chi connectivity index (χ0n) is 9.97. The van der Waals surface area contributed by atoms with Crippen molar-refractivity contribution in [3.8, 4) is 0 Å². The summed E-state index contributed by atoms with van der Waals surface area (Å²) < 4.78 is 4.75. The van der Waals surface area contributed by atoms with Crippen LogP contribution in [0.15, 0.2) is 4.99 Å². The van der Waals surface area contributed by atoms with Crippen LogP contribution in [0.1, 0.15) is 13.8 Å². The molecule has 94 valence electrons. The molecule has 0 spiro atoms. The van der Waals surface area contributed by atoms with E-state index in [1.54, 1.807) is 0 Å². The highest BCUT2D eigenvalue weighted by Gasteiger charge is 2.36. The van der Waals surface area contributed by atoms with Gasteiger partial charge in [0.2, 0.25) is 0 Å². The molecule has 1 aliphatic heterocycles. The first kappa shape index (κ1) is 15.5. The third-order valence-electron chi connectivity index (χ3n) is 2.76. The zero-order chi connectivity index (χ0) is 11.4. The SMILES string of the molecule is CCN=C(N)N1CC(C)C(C(=O)OC)C1.I. The Bertz CT molecular complexity index is 271. The molecule has 1 heterocycles. The fourth-order valence-corrected chi connectivity index (χ4v) is 1.87. The number of nitrogens with two attached hydrogens (primary N) is 1. The molecule has 0 aliphatic carbocycles. The first-order chi connectivity index (χ1) is 7.10. The van der Waals surface area contributed by atoms with Crippen LogP contribution in [0.3, 0.4) is 0 Å². The van der Waals surface area contributed by atoms with Gasteiger partial charge in [-0.1, -0.05) is 6.92 Å². The van der Waals surface area contributed by atoms with Crippen molar-refractivity contribution in [2.75, 3.05) is 26.7 Å². The third kappa shape index (κ3) is 3.50. The predicted molar refractivity (Wildman–Crippen MR) is 73.8 cm³/mol. The number of carbonyl (C=O) groups excluding carboxylic acids is 1. The van der Waals surface area contributed by atoms with Crippen molar-refractivity contribution >= 4 is 35.9 Å². The Morgan fingerprint density at radius 3 is 2.69 bits per heavy atom. The van der Waals surface area contributed by atoms with Crippen LogP contribution in [0.25, 0.3) is 0 Å². The number of carbonyl (C=O) groups is 1. The highest BCUT2D eigenvalue weighted by molar-refractivity contribution is 14.0. The summed E-state index contributed by atoms with van der Waals surface area (Å²) in [5.74, 6) is 0.550. The molecule has 5 nitrogen and oxygen atoms in total. The summed E-state index contributed by atoms with van der Waals surface area (Å²) in [5, 5.41) is 0. The number of hydrogen-bond donors (Lipinski definition) is 1. The first-order valence-corrected chi connectivity index (χ1v) is 5.22. The van der Waals surface area contributed by atoms with Gasteiger partial charge in [-0.05, 0) is 12.8 Å². The predicted octanol–water partition coefficient (Wildman–Crippen LogP) is 0.680. The lowest BCUT2D eigenvalue weighted by molar-refractivity contribution is -0.145. The second-order valence-corrected chi connectivity index (χ2v) is 3.84. The third-order valence-corrected chi connectivity index (χ3v) is 2.76. The number of halogens is 1. The molecule has 1 saturated heterocycles. The van der Waals surface area contributed by atoms with Crippen molar-refractivity contribution in [1.29, 1.82) is 0 Å². The van der Waals surface area contributed by atoms with Crippen LogP contribution in [-0.2, 0) is 9.53 Å². The van der Waals surface area contributed by atoms with Gasteiger partial charge in [0.05, 0.1) is 13.0 Å². The van der Waals surface area contributed by atoms with Gasteiger partial charge in [-0.15, -0.1) is 24.0 Å². The number of guanidine groups is 1. The monoisotopic (exact) mass is 341 g/mol. The number of aliphatic imine (C=N–C) groups is 1. The molecule has 0 aromatic carbocycles. The van der Waals surface area contributed by atoms with Crippen LogP contribution < -0.4 is 5.73 Å². The van der Waals surface area contributed by atoms with Gasteiger partial charge in [-0.2, -0.15) is 0 Å². The van der Waals surface area contributed by atoms with Crippen molar-refractivity contribution in [2.45, 2.75) is 13.8 Å². The summed E-state index contributed by atoms with van der Waals surface area (Å²) in [6.07, 6.45) is 0. The minimum Gasteiger partial charge on any atom is -0.469 e. The van der Waals surface area contributed by atoms with Crippen molar-refractivity contribution in [1.82, 2.24) is 4.90 Å². The van der Waals surface area contributed by atoms with Crippen molar-refractivity contribution in [2.24, 2.45) is 22.6 Å². The van der Waals surface area contributed by atoms with Gasteiger partial charge in [0.15, 0.2) is 5.96 Å². The molecule has 0 bridgehead atoms. The van der Waals surface area contributed by atoms with Gasteiger partial charge in [-0.25, -0.2) is 0 Å². The van der Waals surface area contributed by atoms with Crippen LogP contribution in [0.4, 0.5) is 0 Å². The van der Waals surface area contributed by atoms with E-state index in [0.29, 0.717) is 19.0 Å². The van der Waals surface area contributed by atoms with E-state index in [1.165, 1.54) is 7.11 Å². The number of rotatable bonds is 2. The van der Waals surface area contributed by atoms with E-state index < -0.39 is 0 Å². The van der Waals surface area contributed by atoms with E-state index in [-0.39, 0.29) is 41.8 Å². The van der Waals surface area contributed by atoms with Gasteiger partial charge < -0.3 is 15.4 Å². The summed E-state index contributed by atoms with van der Waals surface area (Å²) in [7, 11) is 1.42. The summed E-state index contributed by atoms with van der Waals surface area (Å²) in [4.78, 5) is 17.5. The zero-order valence-corrected chi connectivity index (χ0v) is 12.3. The maximum absolute atomic E-state index is 11.4. The summed E-state index contributed by atoms with van der Waals surface area (Å²) >= 11 is 0. The molecular formula is C10H20IN3O2. The minimum atomic E-state index is -0.158. The van der Waals surface area contributed by atoms with Gasteiger partial charge in [0.1, 0.15) is 0 Å². The number of esters is 1. The highest BCUT2D eigenvalue weighted by atomic mass is 127. The molecule has 2 unspecified atom stereocenters. The fraction of sp³-hybridized carbons (Fsp3) is 0.800. The Balaban J connectivity index is 0.00000225. The lowest BCUT2D eigenvalue weighted by atomic mass is 9.99. The smallest absolute Gasteiger partial charge is 0.310 e. The largest absolute Gasteiger partial charge is 0.469 e. The van der Waals surface area contributed by atoms with Crippen molar-refractivity contribution in [3.63, 3.8) is 0 Å². The standard InChI is InChI=1S/C10H19N3O2.HI/c1-4-12-10(11)13-5-7(2)8(6-13)9(14)15-3;/h7-8H,4-6H2,1-3H3,(H2,11,12);1H. The minimum absolute atomic E-state index is 0.